The molecule has 0 saturated heterocycles. The van der Waals surface area contributed by atoms with Gasteiger partial charge in [0.25, 0.3) is 0 Å². The van der Waals surface area contributed by atoms with E-state index in [0.29, 0.717) is 6.42 Å². The first-order valence-electron chi connectivity index (χ1n) is 6.02. The van der Waals surface area contributed by atoms with Crippen molar-refractivity contribution in [2.45, 2.75) is 19.8 Å². The molecule has 0 amide bonds. The summed E-state index contributed by atoms with van der Waals surface area (Å²) in [6.07, 6.45) is 1.56. The third-order valence-electron chi connectivity index (χ3n) is 2.79. The zero-order chi connectivity index (χ0) is 12.7. The topological polar surface area (TPSA) is 29.5 Å². The van der Waals surface area contributed by atoms with E-state index in [4.69, 9.17) is 4.74 Å². The molecule has 0 bridgehead atoms. The third kappa shape index (κ3) is 4.19. The minimum absolute atomic E-state index is 0.193. The molecule has 0 aliphatic rings. The van der Waals surface area contributed by atoms with E-state index >= 15 is 0 Å². The van der Waals surface area contributed by atoms with E-state index < -0.39 is 0 Å². The van der Waals surface area contributed by atoms with Crippen molar-refractivity contribution >= 4 is 11.5 Å². The molecule has 0 atom stereocenters. The van der Waals surface area contributed by atoms with Crippen molar-refractivity contribution < 1.29 is 9.53 Å². The van der Waals surface area contributed by atoms with Crippen molar-refractivity contribution in [1.82, 2.24) is 0 Å². The molecular formula is C14H21NO2. The van der Waals surface area contributed by atoms with Crippen molar-refractivity contribution in [3.05, 3.63) is 29.8 Å². The molecule has 94 valence electrons. The molecular weight excluding hydrogens is 214 g/mol. The van der Waals surface area contributed by atoms with E-state index in [1.165, 1.54) is 0 Å². The number of Topliss-reactive ketones (excluding diaryl/α,β-unsaturated/α-hetero) is 1. The Balaban J connectivity index is 2.57. The van der Waals surface area contributed by atoms with Crippen LogP contribution in [0.25, 0.3) is 0 Å². The third-order valence-corrected chi connectivity index (χ3v) is 2.79. The van der Waals surface area contributed by atoms with Crippen LogP contribution in [0.1, 0.15) is 30.1 Å². The number of hydrogen-bond donors (Lipinski definition) is 0. The zero-order valence-corrected chi connectivity index (χ0v) is 10.9. The quantitative estimate of drug-likeness (QED) is 0.537. The lowest BCUT2D eigenvalue weighted by atomic mass is 10.1. The molecule has 17 heavy (non-hydrogen) atoms. The van der Waals surface area contributed by atoms with Gasteiger partial charge in [-0.2, -0.15) is 0 Å². The van der Waals surface area contributed by atoms with Crippen LogP contribution in [-0.2, 0) is 4.74 Å². The second kappa shape index (κ2) is 7.07. The van der Waals surface area contributed by atoms with Gasteiger partial charge in [-0.3, -0.25) is 4.79 Å². The molecule has 0 radical (unpaired) electrons. The molecule has 1 rings (SSSR count). The molecule has 0 heterocycles. The number of hydrogen-bond acceptors (Lipinski definition) is 3. The number of nitrogens with zero attached hydrogens (tertiary/aromatic N) is 1. The van der Waals surface area contributed by atoms with Gasteiger partial charge in [-0.15, -0.1) is 0 Å². The van der Waals surface area contributed by atoms with Gasteiger partial charge in [-0.1, -0.05) is 6.92 Å². The van der Waals surface area contributed by atoms with Gasteiger partial charge in [0, 0.05) is 45.0 Å². The first-order chi connectivity index (χ1) is 8.19. The predicted octanol–water partition coefficient (Wildman–Crippen LogP) is 2.75. The summed E-state index contributed by atoms with van der Waals surface area (Å²) in [5.41, 5.74) is 1.93. The van der Waals surface area contributed by atoms with Crippen molar-refractivity contribution in [3.8, 4) is 0 Å². The Morgan fingerprint density at radius 1 is 1.29 bits per heavy atom. The Morgan fingerprint density at radius 2 is 1.94 bits per heavy atom. The van der Waals surface area contributed by atoms with E-state index in [2.05, 4.69) is 4.90 Å². The van der Waals surface area contributed by atoms with Crippen LogP contribution in [0.4, 0.5) is 5.69 Å². The summed E-state index contributed by atoms with van der Waals surface area (Å²) in [6, 6.07) is 7.79. The second-order valence-corrected chi connectivity index (χ2v) is 4.09. The highest BCUT2D eigenvalue weighted by Gasteiger charge is 2.04. The average Bonchev–Trinajstić information content (AvgIpc) is 2.38. The molecule has 1 aromatic carbocycles. The normalized spacial score (nSPS) is 10.3. The van der Waals surface area contributed by atoms with Crippen molar-refractivity contribution in [2.24, 2.45) is 0 Å². The van der Waals surface area contributed by atoms with Crippen molar-refractivity contribution in [2.75, 3.05) is 32.2 Å². The Kier molecular flexibility index (Phi) is 5.70. The molecule has 0 fully saturated rings. The number of ether oxygens (including phenoxy) is 1. The number of ketones is 1. The summed E-state index contributed by atoms with van der Waals surface area (Å²) >= 11 is 0. The highest BCUT2D eigenvalue weighted by molar-refractivity contribution is 5.96. The molecule has 0 aromatic heterocycles. The monoisotopic (exact) mass is 235 g/mol. The highest BCUT2D eigenvalue weighted by atomic mass is 16.5. The molecule has 0 unspecified atom stereocenters. The van der Waals surface area contributed by atoms with E-state index in [1.54, 1.807) is 7.11 Å². The van der Waals surface area contributed by atoms with E-state index in [0.717, 1.165) is 30.8 Å². The minimum Gasteiger partial charge on any atom is -0.385 e. The second-order valence-electron chi connectivity index (χ2n) is 4.09. The van der Waals surface area contributed by atoms with Crippen LogP contribution >= 0.6 is 0 Å². The fraction of sp³-hybridized carbons (Fsp3) is 0.500. The molecule has 3 heteroatoms. The van der Waals surface area contributed by atoms with Crippen LogP contribution in [0.15, 0.2) is 24.3 Å². The van der Waals surface area contributed by atoms with Gasteiger partial charge >= 0.3 is 0 Å². The SMILES string of the molecule is CCC(=O)c1ccc(N(C)CCCOC)cc1. The van der Waals surface area contributed by atoms with Crippen molar-refractivity contribution in [3.63, 3.8) is 0 Å². The number of anilines is 1. The van der Waals surface area contributed by atoms with Crippen LogP contribution in [0.2, 0.25) is 0 Å². The fourth-order valence-electron chi connectivity index (χ4n) is 1.68. The maximum atomic E-state index is 11.5. The molecule has 0 saturated carbocycles. The summed E-state index contributed by atoms with van der Waals surface area (Å²) in [4.78, 5) is 13.6. The summed E-state index contributed by atoms with van der Waals surface area (Å²) < 4.78 is 5.02. The predicted molar refractivity (Wildman–Crippen MR) is 70.8 cm³/mol. The van der Waals surface area contributed by atoms with Gasteiger partial charge in [0.15, 0.2) is 5.78 Å². The number of benzene rings is 1. The van der Waals surface area contributed by atoms with Crippen LogP contribution < -0.4 is 4.90 Å². The first-order valence-corrected chi connectivity index (χ1v) is 6.02. The zero-order valence-electron chi connectivity index (χ0n) is 10.9. The van der Waals surface area contributed by atoms with Gasteiger partial charge in [-0.05, 0) is 30.7 Å². The minimum atomic E-state index is 0.193. The Labute approximate surface area is 103 Å². The van der Waals surface area contributed by atoms with Crippen molar-refractivity contribution in [1.29, 1.82) is 0 Å². The highest BCUT2D eigenvalue weighted by Crippen LogP contribution is 2.15. The van der Waals surface area contributed by atoms with Crippen LogP contribution in [0, 0.1) is 0 Å². The smallest absolute Gasteiger partial charge is 0.162 e. The molecule has 3 nitrogen and oxygen atoms in total. The largest absolute Gasteiger partial charge is 0.385 e. The summed E-state index contributed by atoms with van der Waals surface area (Å²) in [6.45, 7) is 3.61. The van der Waals surface area contributed by atoms with E-state index in [1.807, 2.05) is 38.2 Å². The summed E-state index contributed by atoms with van der Waals surface area (Å²) in [5, 5.41) is 0. The Hall–Kier alpha value is -1.35. The maximum absolute atomic E-state index is 11.5. The molecule has 0 aliphatic carbocycles. The van der Waals surface area contributed by atoms with Crippen LogP contribution in [0.3, 0.4) is 0 Å². The molecule has 1 aromatic rings. The van der Waals surface area contributed by atoms with E-state index in [9.17, 15) is 4.79 Å². The standard InChI is InChI=1S/C14H21NO2/c1-4-14(16)12-6-8-13(9-7-12)15(2)10-5-11-17-3/h6-9H,4-5,10-11H2,1-3H3. The van der Waals surface area contributed by atoms with Gasteiger partial charge in [0.2, 0.25) is 0 Å². The summed E-state index contributed by atoms with van der Waals surface area (Å²) in [5.74, 6) is 0.193. The lowest BCUT2D eigenvalue weighted by molar-refractivity contribution is 0.0988. The number of carbonyl (C=O) groups excluding carboxylic acids is 1. The molecule has 0 spiro atoms. The lowest BCUT2D eigenvalue weighted by Gasteiger charge is -2.19. The fourth-order valence-corrected chi connectivity index (χ4v) is 1.68. The Morgan fingerprint density at radius 3 is 2.47 bits per heavy atom. The number of rotatable bonds is 7. The van der Waals surface area contributed by atoms with Gasteiger partial charge in [-0.25, -0.2) is 0 Å². The number of methoxy groups -OCH3 is 1. The molecule has 0 N–H and O–H groups in total. The average molecular weight is 235 g/mol. The first kappa shape index (κ1) is 13.7. The maximum Gasteiger partial charge on any atom is 0.162 e. The van der Waals surface area contributed by atoms with E-state index in [-0.39, 0.29) is 5.78 Å². The van der Waals surface area contributed by atoms with Gasteiger partial charge < -0.3 is 9.64 Å². The van der Waals surface area contributed by atoms with Gasteiger partial charge in [0.1, 0.15) is 0 Å². The molecule has 0 aliphatic heterocycles. The van der Waals surface area contributed by atoms with Crippen LogP contribution in [-0.4, -0.2) is 33.1 Å². The Bertz CT molecular complexity index is 346. The van der Waals surface area contributed by atoms with Gasteiger partial charge in [0.05, 0.1) is 0 Å². The number of carbonyl (C=O) groups is 1. The summed E-state index contributed by atoms with van der Waals surface area (Å²) in [7, 11) is 3.76. The lowest BCUT2D eigenvalue weighted by Crippen LogP contribution is -2.19. The van der Waals surface area contributed by atoms with Crippen LogP contribution in [0.5, 0.6) is 0 Å².